The summed E-state index contributed by atoms with van der Waals surface area (Å²) >= 11 is 0. The Kier molecular flexibility index (Phi) is 5.83. The van der Waals surface area contributed by atoms with Crippen LogP contribution in [0.25, 0.3) is 0 Å². The van der Waals surface area contributed by atoms with E-state index in [0.717, 1.165) is 6.07 Å². The first-order valence-corrected chi connectivity index (χ1v) is 7.23. The molecular weight excluding hydrogens is 344 g/mol. The van der Waals surface area contributed by atoms with Gasteiger partial charge in [0, 0.05) is 23.3 Å². The van der Waals surface area contributed by atoms with Crippen LogP contribution in [0.4, 0.5) is 5.69 Å². The quantitative estimate of drug-likeness (QED) is 0.506. The van der Waals surface area contributed by atoms with E-state index >= 15 is 0 Å². The van der Waals surface area contributed by atoms with E-state index in [4.69, 9.17) is 10.5 Å². The summed E-state index contributed by atoms with van der Waals surface area (Å²) in [7, 11) is 0. The summed E-state index contributed by atoms with van der Waals surface area (Å²) in [6.45, 7) is -0.433. The Bertz CT molecular complexity index is 867. The molecule has 2 aromatic carbocycles. The Morgan fingerprint density at radius 1 is 1.04 bits per heavy atom. The van der Waals surface area contributed by atoms with Crippen LogP contribution in [-0.4, -0.2) is 29.3 Å². The van der Waals surface area contributed by atoms with Gasteiger partial charge in [-0.2, -0.15) is 0 Å². The monoisotopic (exact) mass is 358 g/mol. The summed E-state index contributed by atoms with van der Waals surface area (Å²) in [6.07, 6.45) is 0. The summed E-state index contributed by atoms with van der Waals surface area (Å²) in [5.74, 6) is -1.78. The largest absolute Gasteiger partial charge is 0.484 e. The first-order chi connectivity index (χ1) is 12.4. The van der Waals surface area contributed by atoms with Crippen molar-refractivity contribution in [3.05, 3.63) is 69.8 Å². The Balaban J connectivity index is 1.86. The number of carbonyl (C=O) groups excluding carboxylic acids is 3. The number of nitrogens with one attached hydrogen (secondary N) is 2. The third kappa shape index (κ3) is 5.03. The van der Waals surface area contributed by atoms with Crippen molar-refractivity contribution in [3.63, 3.8) is 0 Å². The molecule has 4 N–H and O–H groups in total. The van der Waals surface area contributed by atoms with Gasteiger partial charge in [-0.05, 0) is 24.3 Å². The van der Waals surface area contributed by atoms with E-state index in [-0.39, 0.29) is 22.6 Å². The van der Waals surface area contributed by atoms with Gasteiger partial charge in [-0.1, -0.05) is 12.1 Å². The number of hydrogen-bond acceptors (Lipinski definition) is 6. The van der Waals surface area contributed by atoms with Crippen molar-refractivity contribution in [2.75, 3.05) is 6.61 Å². The number of rotatable bonds is 6. The predicted molar refractivity (Wildman–Crippen MR) is 89.2 cm³/mol. The summed E-state index contributed by atoms with van der Waals surface area (Å²) in [5.41, 5.74) is 9.35. The van der Waals surface area contributed by atoms with E-state index in [2.05, 4.69) is 10.9 Å². The standard InChI is InChI=1S/C16H14N4O6/c17-15(22)10-3-2-6-13(8-10)26-9-14(21)18-19-16(23)11-4-1-5-12(7-11)20(24)25/h1-8H,9H2,(H2,17,22)(H,18,21)(H,19,23). The molecule has 10 nitrogen and oxygen atoms in total. The number of nitrogens with zero attached hydrogens (tertiary/aromatic N) is 1. The van der Waals surface area contributed by atoms with Crippen LogP contribution < -0.4 is 21.3 Å². The summed E-state index contributed by atoms with van der Waals surface area (Å²) in [4.78, 5) is 44.7. The van der Waals surface area contributed by atoms with Crippen LogP contribution in [0.5, 0.6) is 5.75 Å². The summed E-state index contributed by atoms with van der Waals surface area (Å²) < 4.78 is 5.19. The smallest absolute Gasteiger partial charge is 0.276 e. The number of nitrogens with two attached hydrogens (primary N) is 1. The van der Waals surface area contributed by atoms with E-state index in [1.807, 2.05) is 0 Å². The average Bonchev–Trinajstić information content (AvgIpc) is 2.64. The first kappa shape index (κ1) is 18.4. The summed E-state index contributed by atoms with van der Waals surface area (Å²) in [6, 6.07) is 11.0. The SMILES string of the molecule is NC(=O)c1cccc(OCC(=O)NNC(=O)c2cccc([N+](=O)[O-])c2)c1. The van der Waals surface area contributed by atoms with E-state index in [1.54, 1.807) is 0 Å². The van der Waals surface area contributed by atoms with Crippen LogP contribution in [0.15, 0.2) is 48.5 Å². The predicted octanol–water partition coefficient (Wildman–Crippen LogP) is 0.534. The van der Waals surface area contributed by atoms with E-state index in [9.17, 15) is 24.5 Å². The van der Waals surface area contributed by atoms with Gasteiger partial charge in [-0.3, -0.25) is 35.3 Å². The van der Waals surface area contributed by atoms with E-state index in [0.29, 0.717) is 0 Å². The van der Waals surface area contributed by atoms with Crippen molar-refractivity contribution in [2.45, 2.75) is 0 Å². The van der Waals surface area contributed by atoms with Gasteiger partial charge in [-0.25, -0.2) is 0 Å². The number of hydrazine groups is 1. The highest BCUT2D eigenvalue weighted by Crippen LogP contribution is 2.13. The second kappa shape index (κ2) is 8.24. The van der Waals surface area contributed by atoms with Gasteiger partial charge in [0.25, 0.3) is 17.5 Å². The van der Waals surface area contributed by atoms with Crippen molar-refractivity contribution >= 4 is 23.4 Å². The zero-order valence-corrected chi connectivity index (χ0v) is 13.3. The molecule has 3 amide bonds. The molecule has 2 aromatic rings. The molecular formula is C16H14N4O6. The third-order valence-electron chi connectivity index (χ3n) is 3.12. The first-order valence-electron chi connectivity index (χ1n) is 7.23. The fraction of sp³-hybridized carbons (Fsp3) is 0.0625. The third-order valence-corrected chi connectivity index (χ3v) is 3.12. The highest BCUT2D eigenvalue weighted by atomic mass is 16.6. The van der Waals surface area contributed by atoms with Crippen molar-refractivity contribution in [3.8, 4) is 5.75 Å². The zero-order chi connectivity index (χ0) is 19.1. The lowest BCUT2D eigenvalue weighted by Gasteiger charge is -2.09. The van der Waals surface area contributed by atoms with Gasteiger partial charge in [0.15, 0.2) is 6.61 Å². The van der Waals surface area contributed by atoms with E-state index in [1.165, 1.54) is 42.5 Å². The fourth-order valence-corrected chi connectivity index (χ4v) is 1.88. The molecule has 0 unspecified atom stereocenters. The maximum Gasteiger partial charge on any atom is 0.276 e. The highest BCUT2D eigenvalue weighted by molar-refractivity contribution is 5.96. The minimum absolute atomic E-state index is 0.00887. The molecule has 0 fully saturated rings. The molecule has 2 rings (SSSR count). The Hall–Kier alpha value is -3.95. The van der Waals surface area contributed by atoms with Crippen molar-refractivity contribution < 1.29 is 24.0 Å². The molecule has 0 bridgehead atoms. The van der Waals surface area contributed by atoms with Gasteiger partial charge >= 0.3 is 0 Å². The molecule has 26 heavy (non-hydrogen) atoms. The highest BCUT2D eigenvalue weighted by Gasteiger charge is 2.12. The molecule has 10 heteroatoms. The second-order valence-electron chi connectivity index (χ2n) is 4.99. The van der Waals surface area contributed by atoms with Crippen LogP contribution in [0.3, 0.4) is 0 Å². The topological polar surface area (TPSA) is 154 Å². The minimum atomic E-state index is -0.724. The molecule has 0 aliphatic rings. The maximum atomic E-state index is 11.9. The number of ether oxygens (including phenoxy) is 1. The molecule has 0 aliphatic carbocycles. The van der Waals surface area contributed by atoms with Gasteiger partial charge in [-0.15, -0.1) is 0 Å². The lowest BCUT2D eigenvalue weighted by molar-refractivity contribution is -0.384. The minimum Gasteiger partial charge on any atom is -0.484 e. The number of benzene rings is 2. The van der Waals surface area contributed by atoms with Crippen LogP contribution in [0.2, 0.25) is 0 Å². The maximum absolute atomic E-state index is 11.9. The number of nitro groups is 1. The number of hydrogen-bond donors (Lipinski definition) is 3. The number of amides is 3. The van der Waals surface area contributed by atoms with Gasteiger partial charge in [0.1, 0.15) is 5.75 Å². The van der Waals surface area contributed by atoms with Crippen LogP contribution in [-0.2, 0) is 4.79 Å². The average molecular weight is 358 g/mol. The van der Waals surface area contributed by atoms with Gasteiger partial charge in [0.2, 0.25) is 5.91 Å². The molecule has 0 saturated carbocycles. The van der Waals surface area contributed by atoms with Crippen molar-refractivity contribution in [1.29, 1.82) is 0 Å². The number of non-ortho nitro benzene ring substituents is 1. The lowest BCUT2D eigenvalue weighted by atomic mass is 10.2. The molecule has 0 spiro atoms. The Morgan fingerprint density at radius 3 is 2.42 bits per heavy atom. The summed E-state index contributed by atoms with van der Waals surface area (Å²) in [5, 5.41) is 10.7. The number of carbonyl (C=O) groups is 3. The van der Waals surface area contributed by atoms with Crippen molar-refractivity contribution in [1.82, 2.24) is 10.9 Å². The van der Waals surface area contributed by atoms with Crippen molar-refractivity contribution in [2.24, 2.45) is 5.73 Å². The molecule has 0 atom stereocenters. The fourth-order valence-electron chi connectivity index (χ4n) is 1.88. The zero-order valence-electron chi connectivity index (χ0n) is 13.3. The second-order valence-corrected chi connectivity index (χ2v) is 4.99. The van der Waals surface area contributed by atoms with Gasteiger partial charge in [0.05, 0.1) is 4.92 Å². The van der Waals surface area contributed by atoms with Crippen LogP contribution in [0, 0.1) is 10.1 Å². The Morgan fingerprint density at radius 2 is 1.73 bits per heavy atom. The normalized spacial score (nSPS) is 9.85. The van der Waals surface area contributed by atoms with Crippen LogP contribution in [0.1, 0.15) is 20.7 Å². The lowest BCUT2D eigenvalue weighted by Crippen LogP contribution is -2.43. The van der Waals surface area contributed by atoms with Gasteiger partial charge < -0.3 is 10.5 Å². The molecule has 0 radical (unpaired) electrons. The number of primary amides is 1. The number of nitro benzene ring substituents is 1. The molecule has 0 heterocycles. The molecule has 0 aromatic heterocycles. The molecule has 0 saturated heterocycles. The molecule has 0 aliphatic heterocycles. The molecule has 134 valence electrons. The Labute approximate surface area is 147 Å². The van der Waals surface area contributed by atoms with Crippen LogP contribution >= 0.6 is 0 Å². The van der Waals surface area contributed by atoms with E-state index < -0.39 is 29.3 Å².